The van der Waals surface area contributed by atoms with E-state index in [0.29, 0.717) is 12.5 Å². The molecule has 0 fully saturated rings. The van der Waals surface area contributed by atoms with Gasteiger partial charge < -0.3 is 9.47 Å². The van der Waals surface area contributed by atoms with Gasteiger partial charge in [0.05, 0.1) is 7.11 Å². The molecule has 0 bridgehead atoms. The van der Waals surface area contributed by atoms with Crippen molar-refractivity contribution in [1.29, 1.82) is 0 Å². The van der Waals surface area contributed by atoms with Crippen LogP contribution in [0.2, 0.25) is 0 Å². The van der Waals surface area contributed by atoms with E-state index in [0.717, 1.165) is 19.3 Å². The number of hydrogen-bond acceptors (Lipinski definition) is 4. The maximum atomic E-state index is 11.4. The normalized spacial score (nSPS) is 17.0. The first-order chi connectivity index (χ1) is 12.8. The van der Waals surface area contributed by atoms with Crippen LogP contribution >= 0.6 is 0 Å². The minimum atomic E-state index is -0.451. The standard InChI is InChI=1S/C22H37NO3/c1-3-4-5-6-7-8-9-10-11-12-13-14-15-16-17-18-21-23-20(19-26-21)22(24)25-2/h7-8,10-11,20H,3-6,9,12-19H2,1-2H3/b8-7-,11-10-. The highest BCUT2D eigenvalue weighted by Gasteiger charge is 2.25. The Labute approximate surface area is 159 Å². The molecule has 4 heteroatoms. The van der Waals surface area contributed by atoms with Gasteiger partial charge in [0.2, 0.25) is 0 Å². The topological polar surface area (TPSA) is 47.9 Å². The summed E-state index contributed by atoms with van der Waals surface area (Å²) >= 11 is 0. The van der Waals surface area contributed by atoms with Crippen LogP contribution in [0.3, 0.4) is 0 Å². The third kappa shape index (κ3) is 11.1. The molecule has 26 heavy (non-hydrogen) atoms. The number of methoxy groups -OCH3 is 1. The summed E-state index contributed by atoms with van der Waals surface area (Å²) in [5.74, 6) is 0.408. The molecule has 0 spiro atoms. The number of rotatable bonds is 15. The van der Waals surface area contributed by atoms with E-state index in [1.807, 2.05) is 0 Å². The highest BCUT2D eigenvalue weighted by atomic mass is 16.5. The summed E-state index contributed by atoms with van der Waals surface area (Å²) in [6.07, 6.45) is 23.5. The van der Waals surface area contributed by atoms with E-state index < -0.39 is 6.04 Å². The van der Waals surface area contributed by atoms with Crippen molar-refractivity contribution < 1.29 is 14.3 Å². The first kappa shape index (κ1) is 22.5. The lowest BCUT2D eigenvalue weighted by atomic mass is 10.1. The van der Waals surface area contributed by atoms with E-state index in [1.165, 1.54) is 64.9 Å². The Morgan fingerprint density at radius 2 is 1.69 bits per heavy atom. The first-order valence-corrected chi connectivity index (χ1v) is 10.3. The second-order valence-electron chi connectivity index (χ2n) is 6.85. The fourth-order valence-corrected chi connectivity index (χ4v) is 2.90. The molecule has 4 nitrogen and oxygen atoms in total. The molecule has 0 N–H and O–H groups in total. The van der Waals surface area contributed by atoms with Crippen molar-refractivity contribution in [2.45, 2.75) is 90.0 Å². The Bertz CT molecular complexity index is 454. The number of nitrogens with zero attached hydrogens (tertiary/aromatic N) is 1. The zero-order valence-corrected chi connectivity index (χ0v) is 16.8. The first-order valence-electron chi connectivity index (χ1n) is 10.3. The van der Waals surface area contributed by atoms with E-state index in [9.17, 15) is 4.79 Å². The molecule has 0 saturated carbocycles. The van der Waals surface area contributed by atoms with Crippen LogP contribution in [0, 0.1) is 0 Å². The average Bonchev–Trinajstić information content (AvgIpc) is 3.13. The van der Waals surface area contributed by atoms with Crippen LogP contribution in [-0.4, -0.2) is 31.6 Å². The summed E-state index contributed by atoms with van der Waals surface area (Å²) in [5, 5.41) is 0. The maximum absolute atomic E-state index is 11.4. The Morgan fingerprint density at radius 3 is 2.38 bits per heavy atom. The Morgan fingerprint density at radius 1 is 1.04 bits per heavy atom. The molecule has 1 heterocycles. The fourth-order valence-electron chi connectivity index (χ4n) is 2.90. The quantitative estimate of drug-likeness (QED) is 0.211. The largest absolute Gasteiger partial charge is 0.478 e. The average molecular weight is 364 g/mol. The van der Waals surface area contributed by atoms with Crippen LogP contribution in [0.5, 0.6) is 0 Å². The molecule has 0 aliphatic carbocycles. The highest BCUT2D eigenvalue weighted by molar-refractivity contribution is 5.85. The number of ether oxygens (including phenoxy) is 2. The van der Waals surface area contributed by atoms with E-state index in [-0.39, 0.29) is 5.97 Å². The molecule has 0 saturated heterocycles. The lowest BCUT2D eigenvalue weighted by Crippen LogP contribution is -2.21. The van der Waals surface area contributed by atoms with Gasteiger partial charge >= 0.3 is 5.97 Å². The second-order valence-corrected chi connectivity index (χ2v) is 6.85. The van der Waals surface area contributed by atoms with E-state index >= 15 is 0 Å². The van der Waals surface area contributed by atoms with Crippen LogP contribution in [0.1, 0.15) is 84.0 Å². The lowest BCUT2D eigenvalue weighted by molar-refractivity contribution is -0.142. The summed E-state index contributed by atoms with van der Waals surface area (Å²) < 4.78 is 10.1. The van der Waals surface area contributed by atoms with Crippen molar-refractivity contribution in [2.75, 3.05) is 13.7 Å². The Balaban J connectivity index is 1.89. The minimum absolute atomic E-state index is 0.306. The van der Waals surface area contributed by atoms with Crippen LogP contribution in [0.25, 0.3) is 0 Å². The number of aliphatic imine (C=N–C) groups is 1. The minimum Gasteiger partial charge on any atom is -0.478 e. The molecule has 0 aromatic rings. The van der Waals surface area contributed by atoms with Crippen molar-refractivity contribution in [2.24, 2.45) is 4.99 Å². The van der Waals surface area contributed by atoms with Crippen LogP contribution in [0.15, 0.2) is 29.3 Å². The summed E-state index contributed by atoms with van der Waals surface area (Å²) in [6, 6.07) is -0.451. The monoisotopic (exact) mass is 363 g/mol. The molecule has 1 unspecified atom stereocenters. The van der Waals surface area contributed by atoms with Gasteiger partial charge in [-0.2, -0.15) is 0 Å². The second kappa shape index (κ2) is 15.7. The fraction of sp³-hybridized carbons (Fsp3) is 0.727. The number of unbranched alkanes of at least 4 members (excludes halogenated alkanes) is 8. The lowest BCUT2D eigenvalue weighted by Gasteiger charge is -2.01. The highest BCUT2D eigenvalue weighted by Crippen LogP contribution is 2.13. The zero-order valence-electron chi connectivity index (χ0n) is 16.8. The molecule has 148 valence electrons. The third-order valence-electron chi connectivity index (χ3n) is 4.52. The summed E-state index contributed by atoms with van der Waals surface area (Å²) in [6.45, 7) is 2.58. The maximum Gasteiger partial charge on any atom is 0.334 e. The molecule has 0 aromatic heterocycles. The number of allylic oxidation sites excluding steroid dienone is 4. The SMILES string of the molecule is CCCCC/C=C\C/C=C\CCCCCCCC1=NC(C(=O)OC)CO1. The van der Waals surface area contributed by atoms with Crippen molar-refractivity contribution in [3.63, 3.8) is 0 Å². The van der Waals surface area contributed by atoms with Crippen molar-refractivity contribution >= 4 is 11.9 Å². The molecule has 0 aromatic carbocycles. The molecule has 1 aliphatic rings. The predicted octanol–water partition coefficient (Wildman–Crippen LogP) is 5.77. The molecular formula is C22H37NO3. The van der Waals surface area contributed by atoms with Gasteiger partial charge in [-0.3, -0.25) is 0 Å². The third-order valence-corrected chi connectivity index (χ3v) is 4.52. The Kier molecular flexibility index (Phi) is 13.5. The summed E-state index contributed by atoms with van der Waals surface area (Å²) in [5.41, 5.74) is 0. The van der Waals surface area contributed by atoms with Gasteiger partial charge in [-0.25, -0.2) is 9.79 Å². The van der Waals surface area contributed by atoms with Gasteiger partial charge in [-0.15, -0.1) is 0 Å². The van der Waals surface area contributed by atoms with Gasteiger partial charge in [0.25, 0.3) is 0 Å². The Hall–Kier alpha value is -1.58. The van der Waals surface area contributed by atoms with Crippen LogP contribution in [0.4, 0.5) is 0 Å². The van der Waals surface area contributed by atoms with E-state index in [4.69, 9.17) is 4.74 Å². The molecule has 0 radical (unpaired) electrons. The van der Waals surface area contributed by atoms with Gasteiger partial charge in [-0.1, -0.05) is 63.3 Å². The molecule has 0 amide bonds. The predicted molar refractivity (Wildman–Crippen MR) is 109 cm³/mol. The van der Waals surface area contributed by atoms with Crippen molar-refractivity contribution in [1.82, 2.24) is 0 Å². The van der Waals surface area contributed by atoms with Crippen molar-refractivity contribution in [3.05, 3.63) is 24.3 Å². The molecular weight excluding hydrogens is 326 g/mol. The van der Waals surface area contributed by atoms with Gasteiger partial charge in [-0.05, 0) is 38.5 Å². The number of hydrogen-bond donors (Lipinski definition) is 0. The molecule has 1 rings (SSSR count). The van der Waals surface area contributed by atoms with Crippen LogP contribution in [-0.2, 0) is 14.3 Å². The smallest absolute Gasteiger partial charge is 0.334 e. The molecule has 1 aliphatic heterocycles. The van der Waals surface area contributed by atoms with Crippen molar-refractivity contribution in [3.8, 4) is 0 Å². The van der Waals surface area contributed by atoms with Gasteiger partial charge in [0, 0.05) is 6.42 Å². The summed E-state index contributed by atoms with van der Waals surface area (Å²) in [4.78, 5) is 15.6. The van der Waals surface area contributed by atoms with Crippen LogP contribution < -0.4 is 0 Å². The molecule has 1 atom stereocenters. The van der Waals surface area contributed by atoms with E-state index in [1.54, 1.807) is 0 Å². The summed E-state index contributed by atoms with van der Waals surface area (Å²) in [7, 11) is 1.39. The van der Waals surface area contributed by atoms with E-state index in [2.05, 4.69) is 41.0 Å². The number of esters is 1. The number of carbonyl (C=O) groups excluding carboxylic acids is 1. The number of carbonyl (C=O) groups is 1. The zero-order chi connectivity index (χ0) is 18.9. The van der Waals surface area contributed by atoms with Gasteiger partial charge in [0.15, 0.2) is 11.9 Å². The van der Waals surface area contributed by atoms with Gasteiger partial charge in [0.1, 0.15) is 6.61 Å².